The topological polar surface area (TPSA) is 104 Å². The Kier molecular flexibility index (Phi) is 5.29. The molecule has 5 aliphatic carbocycles. The minimum atomic E-state index is -1.21. The number of allylic oxidation sites excluding steroid dienone is 9. The summed E-state index contributed by atoms with van der Waals surface area (Å²) >= 11 is 0. The van der Waals surface area contributed by atoms with Crippen LogP contribution in [0.4, 0.5) is 0 Å². The number of carbonyl (C=O) groups is 2. The lowest BCUT2D eigenvalue weighted by Gasteiger charge is -2.65. The second-order valence-corrected chi connectivity index (χ2v) is 12.7. The molecular weight excluding hydrogens is 456 g/mol. The van der Waals surface area contributed by atoms with Crippen LogP contribution in [0.25, 0.3) is 0 Å². The third kappa shape index (κ3) is 2.86. The van der Waals surface area contributed by atoms with Crippen LogP contribution in [0.1, 0.15) is 67.2 Å². The standard InChI is InChI=1S/C30H38O6/c1-15-13-29(5)21(14-30(6,26(35)36-7)25(34)24(29)33)28(4)11-10-27(3)18(22(15)28)9-8-17-16(2)23(32)20(31)12-19(17)27/h8-9,12,21,24-25,32-34H,10-11,13-14H2,1-7H3/t21-,24-,25+,27-,28+,29-,30+/m1/s1. The Balaban J connectivity index is 1.69. The number of ketones is 1. The SMILES string of the molecule is COC(=O)[C@@]1(C)C[C@H]2[C@@](C)(CC(C)=C3C4=CC=C5C(=CC(=O)C(O)=C5C)[C@]4(C)CC[C@]32C)[C@H](O)[C@@H]1O. The number of fused-ring (bicyclic) bond motifs is 7. The van der Waals surface area contributed by atoms with Gasteiger partial charge in [0.25, 0.3) is 0 Å². The fraction of sp³-hybridized carbons (Fsp3) is 0.600. The van der Waals surface area contributed by atoms with Gasteiger partial charge in [-0.15, -0.1) is 0 Å². The average Bonchev–Trinajstić information content (AvgIpc) is 2.83. The molecule has 5 rings (SSSR count). The number of carbonyl (C=O) groups excluding carboxylic acids is 2. The summed E-state index contributed by atoms with van der Waals surface area (Å²) in [6, 6.07) is 0. The number of hydrogen-bond acceptors (Lipinski definition) is 6. The van der Waals surface area contributed by atoms with Crippen molar-refractivity contribution in [1.29, 1.82) is 0 Å². The number of methoxy groups -OCH3 is 1. The third-order valence-corrected chi connectivity index (χ3v) is 10.7. The quantitative estimate of drug-likeness (QED) is 0.459. The molecule has 0 aliphatic heterocycles. The van der Waals surface area contributed by atoms with Crippen molar-refractivity contribution in [3.63, 3.8) is 0 Å². The number of esters is 1. The zero-order valence-electron chi connectivity index (χ0n) is 22.4. The highest BCUT2D eigenvalue weighted by molar-refractivity contribution is 6.06. The van der Waals surface area contributed by atoms with Gasteiger partial charge in [-0.05, 0) is 86.2 Å². The largest absolute Gasteiger partial charge is 0.504 e. The maximum atomic E-state index is 12.9. The molecule has 2 saturated carbocycles. The first-order valence-electron chi connectivity index (χ1n) is 12.9. The van der Waals surface area contributed by atoms with Crippen molar-refractivity contribution in [1.82, 2.24) is 0 Å². The van der Waals surface area contributed by atoms with Crippen molar-refractivity contribution >= 4 is 11.8 Å². The summed E-state index contributed by atoms with van der Waals surface area (Å²) in [5.41, 5.74) is 3.56. The number of ether oxygens (including phenoxy) is 1. The van der Waals surface area contributed by atoms with Crippen LogP contribution in [0.15, 0.2) is 57.4 Å². The number of hydrogen-bond donors (Lipinski definition) is 3. The normalized spacial score (nSPS) is 44.0. The van der Waals surface area contributed by atoms with Crippen molar-refractivity contribution in [2.75, 3.05) is 7.11 Å². The molecule has 0 bridgehead atoms. The minimum absolute atomic E-state index is 0.0605. The van der Waals surface area contributed by atoms with Crippen LogP contribution < -0.4 is 0 Å². The molecule has 0 spiro atoms. The molecule has 0 aromatic heterocycles. The Morgan fingerprint density at radius 3 is 2.33 bits per heavy atom. The van der Waals surface area contributed by atoms with E-state index in [-0.39, 0.29) is 28.3 Å². The van der Waals surface area contributed by atoms with Gasteiger partial charge in [0, 0.05) is 16.4 Å². The van der Waals surface area contributed by atoms with Crippen molar-refractivity contribution in [2.45, 2.75) is 79.4 Å². The highest BCUT2D eigenvalue weighted by atomic mass is 16.5. The van der Waals surface area contributed by atoms with E-state index in [0.717, 1.165) is 24.0 Å². The van der Waals surface area contributed by atoms with Gasteiger partial charge in [-0.1, -0.05) is 38.5 Å². The fourth-order valence-corrected chi connectivity index (χ4v) is 8.57. The predicted molar refractivity (Wildman–Crippen MR) is 136 cm³/mol. The number of aliphatic hydroxyl groups is 3. The van der Waals surface area contributed by atoms with Gasteiger partial charge in [-0.25, -0.2) is 0 Å². The molecule has 7 atom stereocenters. The summed E-state index contributed by atoms with van der Waals surface area (Å²) in [4.78, 5) is 25.5. The average molecular weight is 495 g/mol. The van der Waals surface area contributed by atoms with Gasteiger partial charge < -0.3 is 20.1 Å². The van der Waals surface area contributed by atoms with E-state index >= 15 is 0 Å². The lowest BCUT2D eigenvalue weighted by molar-refractivity contribution is -0.213. The molecule has 2 fully saturated rings. The molecule has 0 heterocycles. The second kappa shape index (κ2) is 7.55. The molecule has 36 heavy (non-hydrogen) atoms. The zero-order chi connectivity index (χ0) is 26.6. The van der Waals surface area contributed by atoms with Gasteiger partial charge in [0.1, 0.15) is 0 Å². The van der Waals surface area contributed by atoms with Gasteiger partial charge in [-0.2, -0.15) is 0 Å². The van der Waals surface area contributed by atoms with E-state index in [4.69, 9.17) is 4.74 Å². The van der Waals surface area contributed by atoms with Crippen molar-refractivity contribution in [3.8, 4) is 0 Å². The molecule has 0 saturated heterocycles. The first-order valence-corrected chi connectivity index (χ1v) is 12.9. The predicted octanol–water partition coefficient (Wildman–Crippen LogP) is 4.65. The van der Waals surface area contributed by atoms with Crippen molar-refractivity contribution in [3.05, 3.63) is 57.4 Å². The molecule has 0 aromatic carbocycles. The van der Waals surface area contributed by atoms with Crippen LogP contribution in [-0.2, 0) is 14.3 Å². The van der Waals surface area contributed by atoms with E-state index in [1.165, 1.54) is 23.8 Å². The Morgan fingerprint density at radius 1 is 1.03 bits per heavy atom. The number of rotatable bonds is 1. The van der Waals surface area contributed by atoms with E-state index in [0.29, 0.717) is 18.4 Å². The summed E-state index contributed by atoms with van der Waals surface area (Å²) in [5.74, 6) is -1.09. The number of aliphatic hydroxyl groups excluding tert-OH is 3. The van der Waals surface area contributed by atoms with E-state index < -0.39 is 29.0 Å². The lowest BCUT2D eigenvalue weighted by Crippen LogP contribution is -2.65. The Bertz CT molecular complexity index is 1250. The van der Waals surface area contributed by atoms with E-state index in [1.807, 2.05) is 13.0 Å². The van der Waals surface area contributed by atoms with Crippen molar-refractivity contribution < 1.29 is 29.6 Å². The lowest BCUT2D eigenvalue weighted by atomic mass is 9.40. The first-order chi connectivity index (χ1) is 16.7. The summed E-state index contributed by atoms with van der Waals surface area (Å²) < 4.78 is 5.10. The van der Waals surface area contributed by atoms with Crippen LogP contribution in [-0.4, -0.2) is 46.4 Å². The highest BCUT2D eigenvalue weighted by Crippen LogP contribution is 2.70. The third-order valence-electron chi connectivity index (χ3n) is 10.7. The first kappa shape index (κ1) is 25.2. The van der Waals surface area contributed by atoms with Gasteiger partial charge in [0.05, 0.1) is 24.7 Å². The molecule has 0 amide bonds. The smallest absolute Gasteiger partial charge is 0.314 e. The molecule has 6 nitrogen and oxygen atoms in total. The summed E-state index contributed by atoms with van der Waals surface area (Å²) in [6.45, 7) is 12.1. The highest BCUT2D eigenvalue weighted by Gasteiger charge is 2.67. The monoisotopic (exact) mass is 494 g/mol. The maximum absolute atomic E-state index is 12.9. The van der Waals surface area contributed by atoms with Gasteiger partial charge >= 0.3 is 5.97 Å². The molecule has 194 valence electrons. The van der Waals surface area contributed by atoms with Crippen LogP contribution >= 0.6 is 0 Å². The summed E-state index contributed by atoms with van der Waals surface area (Å²) in [7, 11) is 1.33. The molecule has 3 N–H and O–H groups in total. The second-order valence-electron chi connectivity index (χ2n) is 12.7. The van der Waals surface area contributed by atoms with Crippen LogP contribution in [0, 0.1) is 27.6 Å². The fourth-order valence-electron chi connectivity index (χ4n) is 8.57. The Hall–Kier alpha value is -2.44. The molecule has 0 unspecified atom stereocenters. The van der Waals surface area contributed by atoms with Crippen LogP contribution in [0.2, 0.25) is 0 Å². The van der Waals surface area contributed by atoms with E-state index in [9.17, 15) is 24.9 Å². The van der Waals surface area contributed by atoms with Crippen molar-refractivity contribution in [2.24, 2.45) is 27.6 Å². The Morgan fingerprint density at radius 2 is 1.69 bits per heavy atom. The molecular formula is C30H38O6. The van der Waals surface area contributed by atoms with E-state index in [2.05, 4.69) is 26.8 Å². The summed E-state index contributed by atoms with van der Waals surface area (Å²) in [5, 5.41) is 32.9. The maximum Gasteiger partial charge on any atom is 0.314 e. The molecule has 0 aromatic rings. The molecule has 5 aliphatic rings. The Labute approximate surface area is 213 Å². The summed E-state index contributed by atoms with van der Waals surface area (Å²) in [6.07, 6.45) is 6.11. The van der Waals surface area contributed by atoms with E-state index in [1.54, 1.807) is 19.9 Å². The molecule has 0 radical (unpaired) electrons. The van der Waals surface area contributed by atoms with Crippen LogP contribution in [0.3, 0.4) is 0 Å². The van der Waals surface area contributed by atoms with Crippen LogP contribution in [0.5, 0.6) is 0 Å². The van der Waals surface area contributed by atoms with Gasteiger partial charge in [0.15, 0.2) is 5.76 Å². The molecule has 6 heteroatoms. The zero-order valence-corrected chi connectivity index (χ0v) is 22.4. The minimum Gasteiger partial charge on any atom is -0.504 e. The van der Waals surface area contributed by atoms with Gasteiger partial charge in [0.2, 0.25) is 5.78 Å². The van der Waals surface area contributed by atoms with Gasteiger partial charge in [-0.3, -0.25) is 9.59 Å².